The molecule has 2 aromatic rings. The van der Waals surface area contributed by atoms with Crippen LogP contribution in [-0.2, 0) is 10.0 Å². The highest BCUT2D eigenvalue weighted by Crippen LogP contribution is 2.32. The van der Waals surface area contributed by atoms with Crippen LogP contribution >= 0.6 is 0 Å². The number of carbonyl (C=O) groups excluding carboxylic acids is 1. The van der Waals surface area contributed by atoms with Crippen LogP contribution < -0.4 is 9.47 Å². The normalized spacial score (nSPS) is 11.3. The Kier molecular flexibility index (Phi) is 6.88. The second kappa shape index (κ2) is 8.97. The van der Waals surface area contributed by atoms with Crippen LogP contribution in [0.15, 0.2) is 41.3 Å². The SMILES string of the molecule is CCN(CC)S(=O)(=O)c1ccc(F)c(C(=O)Oc2ccc(OC)cc2[N+](=O)[O-])c1. The summed E-state index contributed by atoms with van der Waals surface area (Å²) in [5, 5.41) is 11.2. The Morgan fingerprint density at radius 1 is 1.17 bits per heavy atom. The van der Waals surface area contributed by atoms with Gasteiger partial charge in [0.05, 0.1) is 28.6 Å². The molecule has 2 rings (SSSR count). The third-order valence-corrected chi connectivity index (χ3v) is 6.11. The Balaban J connectivity index is 2.44. The summed E-state index contributed by atoms with van der Waals surface area (Å²) in [5.74, 6) is -2.57. The number of sulfonamides is 1. The van der Waals surface area contributed by atoms with Crippen LogP contribution in [0, 0.1) is 15.9 Å². The zero-order valence-corrected chi connectivity index (χ0v) is 16.7. The number of benzene rings is 2. The molecule has 29 heavy (non-hydrogen) atoms. The van der Waals surface area contributed by atoms with Crippen molar-refractivity contribution in [2.24, 2.45) is 0 Å². The van der Waals surface area contributed by atoms with Gasteiger partial charge < -0.3 is 9.47 Å². The summed E-state index contributed by atoms with van der Waals surface area (Å²) in [6, 6.07) is 6.21. The molecule has 0 aliphatic carbocycles. The summed E-state index contributed by atoms with van der Waals surface area (Å²) < 4.78 is 50.4. The van der Waals surface area contributed by atoms with Gasteiger partial charge in [-0.25, -0.2) is 17.6 Å². The Hall–Kier alpha value is -3.05. The van der Waals surface area contributed by atoms with Crippen LogP contribution in [0.5, 0.6) is 11.5 Å². The number of nitrogens with zero attached hydrogens (tertiary/aromatic N) is 2. The van der Waals surface area contributed by atoms with E-state index in [1.54, 1.807) is 13.8 Å². The van der Waals surface area contributed by atoms with Crippen molar-refractivity contribution < 1.29 is 32.0 Å². The van der Waals surface area contributed by atoms with Crippen LogP contribution in [0.25, 0.3) is 0 Å². The quantitative estimate of drug-likeness (QED) is 0.276. The highest BCUT2D eigenvalue weighted by molar-refractivity contribution is 7.89. The minimum Gasteiger partial charge on any atom is -0.496 e. The van der Waals surface area contributed by atoms with Gasteiger partial charge in [0.25, 0.3) is 0 Å². The van der Waals surface area contributed by atoms with E-state index in [1.807, 2.05) is 0 Å². The molecule has 9 nitrogen and oxygen atoms in total. The molecule has 0 radical (unpaired) electrons. The van der Waals surface area contributed by atoms with Crippen molar-refractivity contribution >= 4 is 21.7 Å². The monoisotopic (exact) mass is 426 g/mol. The van der Waals surface area contributed by atoms with Crippen LogP contribution in [0.4, 0.5) is 10.1 Å². The third-order valence-electron chi connectivity index (χ3n) is 4.07. The molecule has 0 aromatic heterocycles. The Morgan fingerprint density at radius 3 is 2.38 bits per heavy atom. The molecule has 0 saturated heterocycles. The lowest BCUT2D eigenvalue weighted by Crippen LogP contribution is -2.30. The fourth-order valence-electron chi connectivity index (χ4n) is 2.54. The molecule has 0 aliphatic rings. The number of esters is 1. The molecule has 0 saturated carbocycles. The second-order valence-electron chi connectivity index (χ2n) is 5.71. The molecule has 0 amide bonds. The van der Waals surface area contributed by atoms with E-state index in [2.05, 4.69) is 0 Å². The number of nitro groups is 1. The van der Waals surface area contributed by atoms with E-state index in [-0.39, 0.29) is 23.7 Å². The Labute approximate surface area is 166 Å². The lowest BCUT2D eigenvalue weighted by molar-refractivity contribution is -0.385. The van der Waals surface area contributed by atoms with Gasteiger partial charge >= 0.3 is 11.7 Å². The largest absolute Gasteiger partial charge is 0.496 e. The molecular weight excluding hydrogens is 407 g/mol. The second-order valence-corrected chi connectivity index (χ2v) is 7.65. The number of halogens is 1. The van der Waals surface area contributed by atoms with Gasteiger partial charge in [0, 0.05) is 13.1 Å². The van der Waals surface area contributed by atoms with E-state index < -0.39 is 43.7 Å². The number of methoxy groups -OCH3 is 1. The summed E-state index contributed by atoms with van der Waals surface area (Å²) in [6.45, 7) is 3.66. The maximum absolute atomic E-state index is 14.2. The Morgan fingerprint density at radius 2 is 1.83 bits per heavy atom. The predicted molar refractivity (Wildman–Crippen MR) is 101 cm³/mol. The van der Waals surface area contributed by atoms with E-state index in [1.165, 1.54) is 13.2 Å². The molecule has 0 aliphatic heterocycles. The van der Waals surface area contributed by atoms with Gasteiger partial charge in [-0.2, -0.15) is 4.31 Å². The van der Waals surface area contributed by atoms with Gasteiger partial charge in [-0.1, -0.05) is 13.8 Å². The molecule has 0 unspecified atom stereocenters. The van der Waals surface area contributed by atoms with Crippen molar-refractivity contribution in [1.29, 1.82) is 0 Å². The van der Waals surface area contributed by atoms with Crippen molar-refractivity contribution in [3.05, 3.63) is 57.9 Å². The average molecular weight is 426 g/mol. The highest BCUT2D eigenvalue weighted by atomic mass is 32.2. The molecule has 11 heteroatoms. The molecule has 0 N–H and O–H groups in total. The number of ether oxygens (including phenoxy) is 2. The summed E-state index contributed by atoms with van der Waals surface area (Å²) in [6.07, 6.45) is 0. The molecule has 0 bridgehead atoms. The fourth-order valence-corrected chi connectivity index (χ4v) is 4.03. The van der Waals surface area contributed by atoms with Gasteiger partial charge in [0.1, 0.15) is 11.6 Å². The first-order valence-electron chi connectivity index (χ1n) is 8.50. The maximum Gasteiger partial charge on any atom is 0.346 e. The number of rotatable bonds is 8. The molecule has 156 valence electrons. The molecule has 0 heterocycles. The molecular formula is C18H19FN2O7S. The molecule has 0 atom stereocenters. The lowest BCUT2D eigenvalue weighted by Gasteiger charge is -2.18. The zero-order valence-electron chi connectivity index (χ0n) is 15.9. The molecule has 0 fully saturated rings. The van der Waals surface area contributed by atoms with E-state index in [0.29, 0.717) is 0 Å². The van der Waals surface area contributed by atoms with Gasteiger partial charge in [-0.3, -0.25) is 10.1 Å². The summed E-state index contributed by atoms with van der Waals surface area (Å²) >= 11 is 0. The van der Waals surface area contributed by atoms with Crippen molar-refractivity contribution in [1.82, 2.24) is 4.31 Å². The van der Waals surface area contributed by atoms with Crippen LogP contribution in [0.2, 0.25) is 0 Å². The highest BCUT2D eigenvalue weighted by Gasteiger charge is 2.26. The van der Waals surface area contributed by atoms with Crippen LogP contribution in [0.3, 0.4) is 0 Å². The van der Waals surface area contributed by atoms with E-state index in [9.17, 15) is 27.7 Å². The first kappa shape index (κ1) is 22.2. The Bertz CT molecular complexity index is 1040. The maximum atomic E-state index is 14.2. The summed E-state index contributed by atoms with van der Waals surface area (Å²) in [7, 11) is -2.64. The molecule has 2 aromatic carbocycles. The number of hydrogen-bond acceptors (Lipinski definition) is 7. The number of hydrogen-bond donors (Lipinski definition) is 0. The minimum atomic E-state index is -3.94. The first-order chi connectivity index (χ1) is 13.6. The van der Waals surface area contributed by atoms with Crippen LogP contribution in [-0.4, -0.2) is 43.8 Å². The first-order valence-corrected chi connectivity index (χ1v) is 9.94. The predicted octanol–water partition coefficient (Wildman–Crippen LogP) is 2.99. The van der Waals surface area contributed by atoms with Gasteiger partial charge in [0.2, 0.25) is 15.8 Å². The molecule has 0 spiro atoms. The lowest BCUT2D eigenvalue weighted by atomic mass is 10.2. The number of nitro benzene ring substituents is 1. The summed E-state index contributed by atoms with van der Waals surface area (Å²) in [5.41, 5.74) is -1.23. The summed E-state index contributed by atoms with van der Waals surface area (Å²) in [4.78, 5) is 22.5. The van der Waals surface area contributed by atoms with Gasteiger partial charge in [-0.05, 0) is 30.3 Å². The van der Waals surface area contributed by atoms with Crippen LogP contribution in [0.1, 0.15) is 24.2 Å². The van der Waals surface area contributed by atoms with Crippen molar-refractivity contribution in [2.75, 3.05) is 20.2 Å². The van der Waals surface area contributed by atoms with E-state index >= 15 is 0 Å². The van der Waals surface area contributed by atoms with E-state index in [0.717, 1.165) is 34.6 Å². The standard InChI is InChI=1S/C18H19FN2O7S/c1-4-20(5-2)29(25,26)13-7-8-15(19)14(11-13)18(22)28-17-9-6-12(27-3)10-16(17)21(23)24/h6-11H,4-5H2,1-3H3. The average Bonchev–Trinajstić information content (AvgIpc) is 2.68. The van der Waals surface area contributed by atoms with Gasteiger partial charge in [0.15, 0.2) is 0 Å². The topological polar surface area (TPSA) is 116 Å². The van der Waals surface area contributed by atoms with Gasteiger partial charge in [-0.15, -0.1) is 0 Å². The van der Waals surface area contributed by atoms with Crippen molar-refractivity contribution in [3.63, 3.8) is 0 Å². The third kappa shape index (κ3) is 4.69. The fraction of sp³-hybridized carbons (Fsp3) is 0.278. The smallest absolute Gasteiger partial charge is 0.346 e. The minimum absolute atomic E-state index is 0.162. The number of carbonyl (C=O) groups is 1. The zero-order chi connectivity index (χ0) is 21.8. The van der Waals surface area contributed by atoms with Crippen molar-refractivity contribution in [3.8, 4) is 11.5 Å². The van der Waals surface area contributed by atoms with Crippen molar-refractivity contribution in [2.45, 2.75) is 18.7 Å². The van der Waals surface area contributed by atoms with E-state index in [4.69, 9.17) is 9.47 Å².